The third-order valence-electron chi connectivity index (χ3n) is 12.7. The lowest BCUT2D eigenvalue weighted by molar-refractivity contribution is -0.187. The zero-order valence-electron chi connectivity index (χ0n) is 20.1. The van der Waals surface area contributed by atoms with E-state index in [1.807, 2.05) is 18.2 Å². The van der Waals surface area contributed by atoms with Crippen LogP contribution in [0.1, 0.15) is 57.9 Å². The zero-order valence-corrected chi connectivity index (χ0v) is 20.1. The SMILES string of the molecule is CO[C@@H]1C=C(O)[C@H]2[C@@H]3[C@H]4C[C@H]5CC[C@@H]6C[C@]5(C[C@H]6Cc5ccccc5O)[C@]3(C)[C@](C)(C4)[C@@]12O. The molecule has 0 radical (unpaired) electrons. The molecule has 5 saturated carbocycles. The molecule has 0 saturated heterocycles. The smallest absolute Gasteiger partial charge is 0.118 e. The summed E-state index contributed by atoms with van der Waals surface area (Å²) in [6.45, 7) is 4.85. The molecule has 0 aliphatic heterocycles. The predicted molar refractivity (Wildman–Crippen MR) is 126 cm³/mol. The van der Waals surface area contributed by atoms with Gasteiger partial charge in [-0.1, -0.05) is 32.0 Å². The molecule has 4 heteroatoms. The number of aliphatic hydroxyl groups is 2. The van der Waals surface area contributed by atoms with Crippen molar-refractivity contribution in [1.29, 1.82) is 0 Å². The van der Waals surface area contributed by atoms with Crippen molar-refractivity contribution in [2.24, 2.45) is 51.8 Å². The van der Waals surface area contributed by atoms with E-state index in [4.69, 9.17) is 4.74 Å². The van der Waals surface area contributed by atoms with Crippen LogP contribution in [0.2, 0.25) is 0 Å². The van der Waals surface area contributed by atoms with Gasteiger partial charge in [-0.2, -0.15) is 0 Å². The van der Waals surface area contributed by atoms with E-state index in [1.165, 1.54) is 32.1 Å². The van der Waals surface area contributed by atoms with E-state index >= 15 is 0 Å². The first-order chi connectivity index (χ1) is 15.7. The van der Waals surface area contributed by atoms with Crippen molar-refractivity contribution < 1.29 is 20.1 Å². The Labute approximate surface area is 197 Å². The molecule has 0 amide bonds. The van der Waals surface area contributed by atoms with Crippen molar-refractivity contribution in [3.63, 3.8) is 0 Å². The number of methoxy groups -OCH3 is 1. The van der Waals surface area contributed by atoms with Crippen molar-refractivity contribution in [2.75, 3.05) is 7.11 Å². The molecule has 7 rings (SSSR count). The summed E-state index contributed by atoms with van der Waals surface area (Å²) < 4.78 is 5.82. The molecule has 6 aliphatic rings. The lowest BCUT2D eigenvalue weighted by Crippen LogP contribution is -2.60. The van der Waals surface area contributed by atoms with Crippen molar-refractivity contribution in [2.45, 2.75) is 70.5 Å². The molecule has 3 N–H and O–H groups in total. The lowest BCUT2D eigenvalue weighted by atomic mass is 9.43. The topological polar surface area (TPSA) is 69.9 Å². The third kappa shape index (κ3) is 2.03. The minimum Gasteiger partial charge on any atom is -0.512 e. The average molecular weight is 451 g/mol. The highest BCUT2D eigenvalue weighted by molar-refractivity contribution is 5.42. The molecule has 0 heterocycles. The Hall–Kier alpha value is -1.52. The number of fused-ring (bicyclic) bond motifs is 3. The van der Waals surface area contributed by atoms with Gasteiger partial charge in [0.1, 0.15) is 17.5 Å². The maximum Gasteiger partial charge on any atom is 0.118 e. The number of phenols is 1. The van der Waals surface area contributed by atoms with E-state index in [9.17, 15) is 15.3 Å². The Bertz CT molecular complexity index is 1050. The summed E-state index contributed by atoms with van der Waals surface area (Å²) in [5.74, 6) is 3.50. The first-order valence-corrected chi connectivity index (χ1v) is 13.1. The number of phenolic OH excluding ortho intramolecular Hbond substituents is 1. The minimum absolute atomic E-state index is 0.0157. The van der Waals surface area contributed by atoms with Crippen LogP contribution in [0.15, 0.2) is 36.1 Å². The van der Waals surface area contributed by atoms with E-state index in [1.54, 1.807) is 13.2 Å². The Morgan fingerprint density at radius 1 is 1.03 bits per heavy atom. The van der Waals surface area contributed by atoms with Crippen LogP contribution in [0.3, 0.4) is 0 Å². The highest BCUT2D eigenvalue weighted by atomic mass is 16.5. The number of hydrogen-bond acceptors (Lipinski definition) is 4. The molecule has 1 spiro atoms. The normalized spacial score (nSPS) is 55.4. The molecule has 11 atom stereocenters. The Morgan fingerprint density at radius 2 is 1.82 bits per heavy atom. The minimum atomic E-state index is -1.02. The second-order valence-corrected chi connectivity index (χ2v) is 13.0. The second kappa shape index (κ2) is 6.18. The lowest BCUT2D eigenvalue weighted by Gasteiger charge is -2.61. The Balaban J connectivity index is 1.34. The third-order valence-corrected chi connectivity index (χ3v) is 12.7. The number of ether oxygens (including phenoxy) is 1. The zero-order chi connectivity index (χ0) is 23.0. The first kappa shape index (κ1) is 20.8. The summed E-state index contributed by atoms with van der Waals surface area (Å²) in [5.41, 5.74) is -0.0253. The van der Waals surface area contributed by atoms with Crippen LogP contribution in [0.4, 0.5) is 0 Å². The number of benzene rings is 1. The van der Waals surface area contributed by atoms with E-state index in [-0.39, 0.29) is 22.2 Å². The average Bonchev–Trinajstić information content (AvgIpc) is 3.34. The van der Waals surface area contributed by atoms with E-state index in [2.05, 4.69) is 19.9 Å². The molecule has 6 bridgehead atoms. The van der Waals surface area contributed by atoms with Crippen LogP contribution in [0, 0.1) is 51.8 Å². The number of hydrogen-bond donors (Lipinski definition) is 3. The van der Waals surface area contributed by atoms with Crippen LogP contribution in [0.25, 0.3) is 0 Å². The standard InChI is InChI=1S/C29H38O4/c1-26-13-19-11-20-9-8-17-14-28(20,15-18(17)10-16-6-4-5-7-21(16)30)27(26,2)24(19)25-22(31)12-23(33-3)29(25,26)32/h4-7,12,17-20,23-25,30-32H,8-11,13-15H2,1-3H3/t17-,18-,19+,20-,23-,24+,25+,26+,27+,28-,29-/m1/s1. The van der Waals surface area contributed by atoms with E-state index < -0.39 is 11.7 Å². The number of rotatable bonds is 3. The summed E-state index contributed by atoms with van der Waals surface area (Å²) in [5, 5.41) is 34.0. The monoisotopic (exact) mass is 450 g/mol. The number of aromatic hydroxyl groups is 1. The van der Waals surface area contributed by atoms with Gasteiger partial charge in [-0.05, 0) is 103 Å². The Morgan fingerprint density at radius 3 is 2.58 bits per heavy atom. The van der Waals surface area contributed by atoms with Gasteiger partial charge < -0.3 is 20.1 Å². The summed E-state index contributed by atoms with van der Waals surface area (Å²) in [7, 11) is 1.67. The van der Waals surface area contributed by atoms with Crippen LogP contribution in [-0.4, -0.2) is 34.1 Å². The quantitative estimate of drug-likeness (QED) is 0.589. The van der Waals surface area contributed by atoms with Crippen molar-refractivity contribution in [3.05, 3.63) is 41.7 Å². The molecule has 6 aliphatic carbocycles. The molecule has 0 unspecified atom stereocenters. The fraction of sp³-hybridized carbons (Fsp3) is 0.724. The summed E-state index contributed by atoms with van der Waals surface area (Å²) in [4.78, 5) is 0. The first-order valence-electron chi connectivity index (χ1n) is 13.1. The molecule has 178 valence electrons. The van der Waals surface area contributed by atoms with Gasteiger partial charge in [-0.25, -0.2) is 0 Å². The van der Waals surface area contributed by atoms with Gasteiger partial charge in [0.2, 0.25) is 0 Å². The molecule has 33 heavy (non-hydrogen) atoms. The van der Waals surface area contributed by atoms with Gasteiger partial charge in [0.25, 0.3) is 0 Å². The van der Waals surface area contributed by atoms with Gasteiger partial charge >= 0.3 is 0 Å². The fourth-order valence-electron chi connectivity index (χ4n) is 11.6. The molecule has 0 aromatic heterocycles. The molecule has 1 aromatic carbocycles. The molecule has 1 aromatic rings. The highest BCUT2D eigenvalue weighted by Gasteiger charge is 2.87. The maximum atomic E-state index is 12.4. The van der Waals surface area contributed by atoms with Crippen molar-refractivity contribution in [3.8, 4) is 5.75 Å². The molecule has 4 nitrogen and oxygen atoms in total. The van der Waals surface area contributed by atoms with Crippen molar-refractivity contribution >= 4 is 0 Å². The van der Waals surface area contributed by atoms with Crippen LogP contribution < -0.4 is 0 Å². The van der Waals surface area contributed by atoms with Crippen LogP contribution in [-0.2, 0) is 11.2 Å². The fourth-order valence-corrected chi connectivity index (χ4v) is 11.6. The van der Waals surface area contributed by atoms with Crippen LogP contribution in [0.5, 0.6) is 5.75 Å². The molecule has 5 fully saturated rings. The molecular weight excluding hydrogens is 412 g/mol. The van der Waals surface area contributed by atoms with E-state index in [0.29, 0.717) is 41.1 Å². The van der Waals surface area contributed by atoms with Crippen molar-refractivity contribution in [1.82, 2.24) is 0 Å². The number of para-hydroxylation sites is 1. The van der Waals surface area contributed by atoms with Gasteiger partial charge in [0.05, 0.1) is 11.7 Å². The summed E-state index contributed by atoms with van der Waals surface area (Å²) in [6, 6.07) is 7.86. The molecular formula is C29H38O4. The summed E-state index contributed by atoms with van der Waals surface area (Å²) in [6.07, 6.45) is 9.67. The van der Waals surface area contributed by atoms with Crippen LogP contribution >= 0.6 is 0 Å². The number of aliphatic hydroxyl groups excluding tert-OH is 1. The highest BCUT2D eigenvalue weighted by Crippen LogP contribution is 2.88. The largest absolute Gasteiger partial charge is 0.512 e. The van der Waals surface area contributed by atoms with Gasteiger partial charge in [-0.15, -0.1) is 0 Å². The summed E-state index contributed by atoms with van der Waals surface area (Å²) >= 11 is 0. The van der Waals surface area contributed by atoms with Gasteiger partial charge in [-0.3, -0.25) is 0 Å². The van der Waals surface area contributed by atoms with Gasteiger partial charge in [0, 0.05) is 12.5 Å². The van der Waals surface area contributed by atoms with E-state index in [0.717, 1.165) is 18.4 Å². The van der Waals surface area contributed by atoms with Gasteiger partial charge in [0.15, 0.2) is 0 Å². The second-order valence-electron chi connectivity index (χ2n) is 13.0. The maximum absolute atomic E-state index is 12.4. The predicted octanol–water partition coefficient (Wildman–Crippen LogP) is 5.24. The Kier molecular flexibility index (Phi) is 3.90.